The molecule has 11 nitrogen and oxygen atoms in total. The molecule has 2 N–H and O–H groups in total. The normalized spacial score (nSPS) is 16.8. The zero-order valence-electron chi connectivity index (χ0n) is 24.9. The maximum absolute atomic E-state index is 14.9. The van der Waals surface area contributed by atoms with Crippen molar-refractivity contribution in [2.75, 3.05) is 31.6 Å². The number of hydrogen-bond donors (Lipinski definition) is 2. The highest BCUT2D eigenvalue weighted by atomic mass is 32.1. The number of anilines is 1. The van der Waals surface area contributed by atoms with Gasteiger partial charge in [0.15, 0.2) is 18.2 Å². The predicted molar refractivity (Wildman–Crippen MR) is 168 cm³/mol. The van der Waals surface area contributed by atoms with E-state index in [0.29, 0.717) is 43.1 Å². The number of piperazine rings is 1. The van der Waals surface area contributed by atoms with Gasteiger partial charge in [-0.15, -0.1) is 11.3 Å². The highest BCUT2D eigenvalue weighted by Gasteiger charge is 2.27. The molecule has 3 aromatic heterocycles. The number of ether oxygens (including phenoxy) is 2. The van der Waals surface area contributed by atoms with Gasteiger partial charge in [-0.2, -0.15) is 0 Å². The summed E-state index contributed by atoms with van der Waals surface area (Å²) in [6, 6.07) is 11.9. The number of hydrogen-bond acceptors (Lipinski definition) is 9. The smallest absolute Gasteiger partial charge is 0.319 e. The van der Waals surface area contributed by atoms with E-state index < -0.39 is 11.8 Å². The van der Waals surface area contributed by atoms with Gasteiger partial charge < -0.3 is 25.0 Å². The number of aromatic nitrogens is 2. The molecule has 0 bridgehead atoms. The summed E-state index contributed by atoms with van der Waals surface area (Å²) in [5.74, 6) is -0.731. The Morgan fingerprint density at radius 3 is 2.62 bits per heavy atom. The zero-order valence-corrected chi connectivity index (χ0v) is 25.7. The average Bonchev–Trinajstić information content (AvgIpc) is 3.72. The molecule has 4 aromatic rings. The van der Waals surface area contributed by atoms with E-state index in [1.54, 1.807) is 23.2 Å². The van der Waals surface area contributed by atoms with E-state index in [-0.39, 0.29) is 36.4 Å². The van der Waals surface area contributed by atoms with Crippen LogP contribution in [0, 0.1) is 5.82 Å². The molecule has 4 heterocycles. The fourth-order valence-corrected chi connectivity index (χ4v) is 6.13. The minimum absolute atomic E-state index is 0.0388. The van der Waals surface area contributed by atoms with Crippen molar-refractivity contribution in [3.63, 3.8) is 0 Å². The van der Waals surface area contributed by atoms with Crippen LogP contribution in [0.3, 0.4) is 0 Å². The van der Waals surface area contributed by atoms with Crippen molar-refractivity contribution in [1.82, 2.24) is 25.1 Å². The molecule has 2 fully saturated rings. The third-order valence-electron chi connectivity index (χ3n) is 7.68. The maximum Gasteiger partial charge on any atom is 0.319 e. The van der Waals surface area contributed by atoms with E-state index in [4.69, 9.17) is 14.5 Å². The first kappa shape index (κ1) is 30.4. The number of pyridine rings is 2. The van der Waals surface area contributed by atoms with E-state index >= 15 is 0 Å². The van der Waals surface area contributed by atoms with Crippen molar-refractivity contribution in [2.24, 2.45) is 0 Å². The summed E-state index contributed by atoms with van der Waals surface area (Å²) in [6.07, 6.45) is 5.40. The van der Waals surface area contributed by atoms with Gasteiger partial charge in [0, 0.05) is 75.4 Å². The average molecular weight is 633 g/mol. The van der Waals surface area contributed by atoms with Gasteiger partial charge in [0.05, 0.1) is 20.8 Å². The Hall–Kier alpha value is -4.62. The van der Waals surface area contributed by atoms with Crippen LogP contribution in [0.1, 0.15) is 32.3 Å². The van der Waals surface area contributed by atoms with Gasteiger partial charge in [-0.1, -0.05) is 6.07 Å². The number of esters is 1. The molecule has 1 saturated heterocycles. The SMILES string of the molecule is CC(=O)OCC(=O)N1CCN(Cc2ccc(-c3cc4nccc(Oc5ccc(NC(=O)NC6CC6)cc5F)c4s3)nc2)[C@H](C)C1. The Morgan fingerprint density at radius 1 is 1.07 bits per heavy atom. The van der Waals surface area contributed by atoms with Crippen molar-refractivity contribution in [3.05, 3.63) is 66.2 Å². The fraction of sp³-hybridized carbons (Fsp3) is 0.344. The molecule has 234 valence electrons. The molecule has 2 aliphatic rings. The monoisotopic (exact) mass is 632 g/mol. The molecule has 45 heavy (non-hydrogen) atoms. The number of halogens is 1. The zero-order chi connectivity index (χ0) is 31.5. The van der Waals surface area contributed by atoms with Crippen LogP contribution in [-0.4, -0.2) is 76.0 Å². The number of thiophene rings is 1. The molecule has 1 aliphatic heterocycles. The predicted octanol–water partition coefficient (Wildman–Crippen LogP) is 5.17. The van der Waals surface area contributed by atoms with Gasteiger partial charge in [0.1, 0.15) is 5.75 Å². The van der Waals surface area contributed by atoms with Crippen LogP contribution < -0.4 is 15.4 Å². The Labute approximate surface area is 263 Å². The fourth-order valence-electron chi connectivity index (χ4n) is 5.09. The lowest BCUT2D eigenvalue weighted by Crippen LogP contribution is -2.53. The highest BCUT2D eigenvalue weighted by molar-refractivity contribution is 7.22. The molecule has 1 aromatic carbocycles. The number of fused-ring (bicyclic) bond motifs is 1. The molecule has 0 radical (unpaired) electrons. The van der Waals surface area contributed by atoms with Crippen molar-refractivity contribution in [3.8, 4) is 22.1 Å². The second-order valence-electron chi connectivity index (χ2n) is 11.2. The molecular weight excluding hydrogens is 599 g/mol. The molecule has 1 aliphatic carbocycles. The van der Waals surface area contributed by atoms with Crippen LogP contribution in [0.2, 0.25) is 0 Å². The third-order valence-corrected chi connectivity index (χ3v) is 8.84. The number of nitrogens with one attached hydrogen (secondary N) is 2. The Balaban J connectivity index is 1.09. The van der Waals surface area contributed by atoms with Crippen LogP contribution >= 0.6 is 11.3 Å². The molecular formula is C32H33FN6O5S. The number of carbonyl (C=O) groups excluding carboxylic acids is 3. The molecule has 0 spiro atoms. The number of nitrogens with zero attached hydrogens (tertiary/aromatic N) is 4. The summed E-state index contributed by atoms with van der Waals surface area (Å²) in [4.78, 5) is 49.4. The van der Waals surface area contributed by atoms with Crippen molar-refractivity contribution in [1.29, 1.82) is 0 Å². The number of amides is 3. The minimum atomic E-state index is -0.595. The second kappa shape index (κ2) is 13.2. The van der Waals surface area contributed by atoms with Crippen LogP contribution in [0.5, 0.6) is 11.5 Å². The van der Waals surface area contributed by atoms with Crippen molar-refractivity contribution < 1.29 is 28.2 Å². The standard InChI is InChI=1S/C32H33FN6O5S/c1-19-16-39(30(41)18-43-20(2)40)12-11-38(19)17-21-3-7-25(35-15-21)29-14-26-31(45-29)28(9-10-34-26)44-27-8-6-23(13-24(27)33)37-32(42)36-22-4-5-22/h3,6-10,13-15,19,22H,4-5,11-12,16-18H2,1-2H3,(H2,36,37,42)/t19-/m1/s1. The molecule has 3 amide bonds. The van der Waals surface area contributed by atoms with E-state index in [1.807, 2.05) is 24.4 Å². The van der Waals surface area contributed by atoms with E-state index in [2.05, 4.69) is 27.4 Å². The lowest BCUT2D eigenvalue weighted by atomic mass is 10.1. The Bertz CT molecular complexity index is 1730. The summed E-state index contributed by atoms with van der Waals surface area (Å²) in [6.45, 7) is 5.66. The van der Waals surface area contributed by atoms with Crippen LogP contribution in [0.15, 0.2) is 54.9 Å². The number of rotatable bonds is 9. The van der Waals surface area contributed by atoms with Gasteiger partial charge >= 0.3 is 12.0 Å². The third kappa shape index (κ3) is 7.55. The summed E-state index contributed by atoms with van der Waals surface area (Å²) >= 11 is 1.46. The Kier molecular flexibility index (Phi) is 8.90. The largest absolute Gasteiger partial charge is 0.456 e. The lowest BCUT2D eigenvalue weighted by Gasteiger charge is -2.39. The van der Waals surface area contributed by atoms with E-state index in [0.717, 1.165) is 33.7 Å². The van der Waals surface area contributed by atoms with Crippen LogP contribution in [0.25, 0.3) is 20.8 Å². The molecule has 6 rings (SSSR count). The summed E-state index contributed by atoms with van der Waals surface area (Å²) < 4.78 is 26.5. The summed E-state index contributed by atoms with van der Waals surface area (Å²) in [7, 11) is 0. The summed E-state index contributed by atoms with van der Waals surface area (Å²) in [5.41, 5.74) is 2.89. The number of carbonyl (C=O) groups is 3. The first-order chi connectivity index (χ1) is 21.7. The number of urea groups is 1. The highest BCUT2D eigenvalue weighted by Crippen LogP contribution is 2.39. The van der Waals surface area contributed by atoms with Gasteiger partial charge in [-0.3, -0.25) is 24.5 Å². The maximum atomic E-state index is 14.9. The first-order valence-corrected chi connectivity index (χ1v) is 15.6. The first-order valence-electron chi connectivity index (χ1n) is 14.8. The van der Waals surface area contributed by atoms with Crippen molar-refractivity contribution >= 4 is 45.1 Å². The van der Waals surface area contributed by atoms with Gasteiger partial charge in [0.2, 0.25) is 0 Å². The van der Waals surface area contributed by atoms with Gasteiger partial charge in [-0.25, -0.2) is 9.18 Å². The lowest BCUT2D eigenvalue weighted by molar-refractivity contribution is -0.151. The molecule has 0 unspecified atom stereocenters. The van der Waals surface area contributed by atoms with E-state index in [1.165, 1.54) is 30.4 Å². The minimum Gasteiger partial charge on any atom is -0.456 e. The summed E-state index contributed by atoms with van der Waals surface area (Å²) in [5, 5.41) is 5.45. The Morgan fingerprint density at radius 2 is 1.91 bits per heavy atom. The molecule has 1 atom stereocenters. The molecule has 13 heteroatoms. The topological polar surface area (TPSA) is 126 Å². The van der Waals surface area contributed by atoms with Gasteiger partial charge in [0.25, 0.3) is 5.91 Å². The van der Waals surface area contributed by atoms with Gasteiger partial charge in [-0.05, 0) is 49.6 Å². The number of benzene rings is 1. The van der Waals surface area contributed by atoms with Crippen molar-refractivity contribution in [2.45, 2.75) is 45.3 Å². The molecule has 1 saturated carbocycles. The second-order valence-corrected chi connectivity index (χ2v) is 12.3. The van der Waals surface area contributed by atoms with Crippen LogP contribution in [-0.2, 0) is 20.9 Å². The van der Waals surface area contributed by atoms with E-state index in [9.17, 15) is 18.8 Å². The quantitative estimate of drug-likeness (QED) is 0.242. The van der Waals surface area contributed by atoms with Crippen LogP contribution in [0.4, 0.5) is 14.9 Å².